The van der Waals surface area contributed by atoms with Gasteiger partial charge in [-0.1, -0.05) is 0 Å². The lowest BCUT2D eigenvalue weighted by Crippen LogP contribution is -2.53. The Labute approximate surface area is 123 Å². The summed E-state index contributed by atoms with van der Waals surface area (Å²) >= 11 is 1.52. The first-order valence-corrected chi connectivity index (χ1v) is 8.00. The lowest BCUT2D eigenvalue weighted by Gasteiger charge is -2.37. The summed E-state index contributed by atoms with van der Waals surface area (Å²) < 4.78 is 5.17. The summed E-state index contributed by atoms with van der Waals surface area (Å²) in [6.45, 7) is 3.91. The molecule has 0 saturated carbocycles. The highest BCUT2D eigenvalue weighted by atomic mass is 32.2. The third-order valence-corrected chi connectivity index (χ3v) is 5.14. The van der Waals surface area contributed by atoms with E-state index in [1.54, 1.807) is 12.0 Å². The fraction of sp³-hybridized carbons (Fsp3) is 0.846. The van der Waals surface area contributed by atoms with Gasteiger partial charge in [0.25, 0.3) is 0 Å². The predicted octanol–water partition coefficient (Wildman–Crippen LogP) is 1.31. The molecule has 2 aliphatic heterocycles. The Kier molecular flexibility index (Phi) is 5.15. The Morgan fingerprint density at radius 1 is 1.45 bits per heavy atom. The molecule has 114 valence electrons. The summed E-state index contributed by atoms with van der Waals surface area (Å²) in [6.07, 6.45) is 2.01. The van der Waals surface area contributed by atoms with Gasteiger partial charge in [-0.05, 0) is 19.8 Å². The van der Waals surface area contributed by atoms with E-state index in [1.165, 1.54) is 16.7 Å². The van der Waals surface area contributed by atoms with Crippen LogP contribution in [0.15, 0.2) is 0 Å². The summed E-state index contributed by atoms with van der Waals surface area (Å²) in [4.78, 5) is 27.2. The van der Waals surface area contributed by atoms with E-state index in [-0.39, 0.29) is 11.4 Å². The number of piperidine rings is 1. The van der Waals surface area contributed by atoms with Crippen molar-refractivity contribution in [1.82, 2.24) is 9.80 Å². The van der Waals surface area contributed by atoms with E-state index in [1.807, 2.05) is 6.92 Å². The molecule has 0 bridgehead atoms. The first-order chi connectivity index (χ1) is 9.54. The Balaban J connectivity index is 2.03. The first-order valence-electron chi connectivity index (χ1n) is 6.95. The highest BCUT2D eigenvalue weighted by Crippen LogP contribution is 2.31. The highest BCUT2D eigenvalue weighted by molar-refractivity contribution is 8.00. The number of amides is 2. The van der Waals surface area contributed by atoms with Gasteiger partial charge in [0, 0.05) is 31.9 Å². The monoisotopic (exact) mass is 302 g/mol. The number of likely N-dealkylation sites (tertiary alicyclic amines) is 1. The second-order valence-corrected chi connectivity index (χ2v) is 6.74. The number of thioether (sulfide) groups is 1. The molecular weight excluding hydrogens is 280 g/mol. The van der Waals surface area contributed by atoms with Crippen molar-refractivity contribution in [3.8, 4) is 0 Å². The molecular formula is C13H22N2O4S. The predicted molar refractivity (Wildman–Crippen MR) is 76.8 cm³/mol. The van der Waals surface area contributed by atoms with Gasteiger partial charge in [0.05, 0.1) is 12.0 Å². The third-order valence-electron chi connectivity index (χ3n) is 3.92. The maximum atomic E-state index is 12.6. The van der Waals surface area contributed by atoms with Gasteiger partial charge in [-0.15, -0.1) is 11.8 Å². The van der Waals surface area contributed by atoms with Gasteiger partial charge in [0.1, 0.15) is 6.04 Å². The van der Waals surface area contributed by atoms with Gasteiger partial charge in [0.15, 0.2) is 0 Å². The molecule has 0 radical (unpaired) electrons. The van der Waals surface area contributed by atoms with Crippen molar-refractivity contribution < 1.29 is 19.4 Å². The van der Waals surface area contributed by atoms with Crippen LogP contribution in [0.2, 0.25) is 0 Å². The van der Waals surface area contributed by atoms with Crippen LogP contribution in [0.5, 0.6) is 0 Å². The number of carboxylic acid groups (broad SMARTS) is 1. The smallest absolute Gasteiger partial charge is 0.327 e. The van der Waals surface area contributed by atoms with Gasteiger partial charge in [-0.2, -0.15) is 0 Å². The van der Waals surface area contributed by atoms with Crippen LogP contribution in [0, 0.1) is 5.92 Å². The normalized spacial score (nSPS) is 30.6. The van der Waals surface area contributed by atoms with E-state index in [9.17, 15) is 14.7 Å². The van der Waals surface area contributed by atoms with Gasteiger partial charge < -0.3 is 14.7 Å². The molecule has 1 N–H and O–H groups in total. The first kappa shape index (κ1) is 15.4. The Hall–Kier alpha value is -0.950. The molecule has 0 spiro atoms. The zero-order chi connectivity index (χ0) is 14.7. The topological polar surface area (TPSA) is 70.1 Å². The minimum absolute atomic E-state index is 0.0774. The Bertz CT molecular complexity index is 377. The molecule has 0 aromatic carbocycles. The SMILES string of the molecule is COCC1CCCN(C(=O)N2C(C)SCC2C(=O)O)C1. The van der Waals surface area contributed by atoms with Crippen LogP contribution in [-0.2, 0) is 9.53 Å². The summed E-state index contributed by atoms with van der Waals surface area (Å²) in [5, 5.41) is 9.16. The number of carbonyl (C=O) groups excluding carboxylic acids is 1. The number of hydrogen-bond acceptors (Lipinski definition) is 4. The molecule has 2 fully saturated rings. The molecule has 0 aliphatic carbocycles. The number of rotatable bonds is 3. The highest BCUT2D eigenvalue weighted by Gasteiger charge is 2.42. The summed E-state index contributed by atoms with van der Waals surface area (Å²) in [5.41, 5.74) is 0. The molecule has 2 aliphatic rings. The largest absolute Gasteiger partial charge is 0.480 e. The van der Waals surface area contributed by atoms with Crippen molar-refractivity contribution in [3.63, 3.8) is 0 Å². The summed E-state index contributed by atoms with van der Waals surface area (Å²) in [6, 6.07) is -0.846. The Morgan fingerprint density at radius 2 is 2.20 bits per heavy atom. The molecule has 2 amide bonds. The van der Waals surface area contributed by atoms with E-state index < -0.39 is 12.0 Å². The molecule has 20 heavy (non-hydrogen) atoms. The lowest BCUT2D eigenvalue weighted by molar-refractivity contribution is -0.141. The second-order valence-electron chi connectivity index (χ2n) is 5.39. The van der Waals surface area contributed by atoms with Crippen molar-refractivity contribution >= 4 is 23.8 Å². The van der Waals surface area contributed by atoms with Gasteiger partial charge in [-0.25, -0.2) is 9.59 Å². The summed E-state index contributed by atoms with van der Waals surface area (Å²) in [7, 11) is 1.67. The number of carbonyl (C=O) groups is 2. The lowest BCUT2D eigenvalue weighted by atomic mass is 9.99. The van der Waals surface area contributed by atoms with Gasteiger partial charge in [0.2, 0.25) is 0 Å². The van der Waals surface area contributed by atoms with Crippen LogP contribution >= 0.6 is 11.8 Å². The van der Waals surface area contributed by atoms with Crippen molar-refractivity contribution in [2.24, 2.45) is 5.92 Å². The third kappa shape index (κ3) is 3.20. The number of methoxy groups -OCH3 is 1. The number of urea groups is 1. The Morgan fingerprint density at radius 3 is 2.85 bits per heavy atom. The standard InChI is InChI=1S/C13H22N2O4S/c1-9-15(11(8-20-9)12(16)17)13(18)14-5-3-4-10(6-14)7-19-2/h9-11H,3-8H2,1-2H3,(H,16,17). The number of nitrogens with zero attached hydrogens (tertiary/aromatic N) is 2. The molecule has 2 saturated heterocycles. The number of aliphatic carboxylic acids is 1. The van der Waals surface area contributed by atoms with Crippen LogP contribution < -0.4 is 0 Å². The molecule has 3 atom stereocenters. The van der Waals surface area contributed by atoms with Crippen molar-refractivity contribution in [2.45, 2.75) is 31.2 Å². The van der Waals surface area contributed by atoms with Crippen molar-refractivity contribution in [3.05, 3.63) is 0 Å². The molecule has 2 heterocycles. The zero-order valence-electron chi connectivity index (χ0n) is 11.9. The van der Waals surface area contributed by atoms with Crippen LogP contribution in [-0.4, -0.2) is 70.9 Å². The number of carboxylic acids is 1. The van der Waals surface area contributed by atoms with Crippen LogP contribution in [0.4, 0.5) is 4.79 Å². The average Bonchev–Trinajstić information content (AvgIpc) is 2.81. The fourth-order valence-electron chi connectivity index (χ4n) is 2.90. The van der Waals surface area contributed by atoms with E-state index in [2.05, 4.69) is 0 Å². The number of ether oxygens (including phenoxy) is 1. The van der Waals surface area contributed by atoms with Crippen LogP contribution in [0.25, 0.3) is 0 Å². The van der Waals surface area contributed by atoms with Crippen LogP contribution in [0.3, 0.4) is 0 Å². The molecule has 2 rings (SSSR count). The van der Waals surface area contributed by atoms with Crippen molar-refractivity contribution in [1.29, 1.82) is 0 Å². The maximum absolute atomic E-state index is 12.6. The van der Waals surface area contributed by atoms with Crippen molar-refractivity contribution in [2.75, 3.05) is 32.6 Å². The molecule has 6 nitrogen and oxygen atoms in total. The van der Waals surface area contributed by atoms with Gasteiger partial charge >= 0.3 is 12.0 Å². The second kappa shape index (κ2) is 6.67. The molecule has 3 unspecified atom stereocenters. The minimum Gasteiger partial charge on any atom is -0.480 e. The number of hydrogen-bond donors (Lipinski definition) is 1. The average molecular weight is 302 g/mol. The maximum Gasteiger partial charge on any atom is 0.327 e. The van der Waals surface area contributed by atoms with E-state index in [0.717, 1.165) is 12.8 Å². The zero-order valence-corrected chi connectivity index (χ0v) is 12.8. The molecule has 0 aromatic heterocycles. The fourth-order valence-corrected chi connectivity index (χ4v) is 4.06. The minimum atomic E-state index is -0.916. The van der Waals surface area contributed by atoms with E-state index in [0.29, 0.717) is 31.4 Å². The quantitative estimate of drug-likeness (QED) is 0.851. The van der Waals surface area contributed by atoms with Gasteiger partial charge in [-0.3, -0.25) is 4.90 Å². The molecule has 7 heteroatoms. The summed E-state index contributed by atoms with van der Waals surface area (Å²) in [5.74, 6) is -0.0930. The van der Waals surface area contributed by atoms with E-state index in [4.69, 9.17) is 4.74 Å². The van der Waals surface area contributed by atoms with Crippen LogP contribution in [0.1, 0.15) is 19.8 Å². The molecule has 0 aromatic rings. The van der Waals surface area contributed by atoms with E-state index >= 15 is 0 Å².